The van der Waals surface area contributed by atoms with Gasteiger partial charge >= 0.3 is 0 Å². The average Bonchev–Trinajstić information content (AvgIpc) is 2.83. The van der Waals surface area contributed by atoms with Crippen LogP contribution in [0.1, 0.15) is 36.3 Å². The van der Waals surface area contributed by atoms with Crippen LogP contribution in [0.5, 0.6) is 0 Å². The number of rotatable bonds is 5. The van der Waals surface area contributed by atoms with Crippen molar-refractivity contribution in [3.8, 4) is 0 Å². The van der Waals surface area contributed by atoms with E-state index in [2.05, 4.69) is 17.2 Å². The van der Waals surface area contributed by atoms with E-state index in [9.17, 15) is 4.79 Å². The maximum absolute atomic E-state index is 12.0. The van der Waals surface area contributed by atoms with Crippen LogP contribution in [-0.2, 0) is 9.47 Å². The lowest BCUT2D eigenvalue weighted by Gasteiger charge is -2.26. The summed E-state index contributed by atoms with van der Waals surface area (Å²) in [6.45, 7) is 7.79. The molecule has 1 amide bonds. The minimum absolute atomic E-state index is 0.0947. The van der Waals surface area contributed by atoms with E-state index in [-0.39, 0.29) is 11.8 Å². The van der Waals surface area contributed by atoms with Crippen molar-refractivity contribution < 1.29 is 14.3 Å². The topological polar surface area (TPSA) is 60.5 Å². The van der Waals surface area contributed by atoms with E-state index in [1.807, 2.05) is 19.9 Å². The fourth-order valence-corrected chi connectivity index (χ4v) is 2.35. The smallest absolute Gasteiger partial charge is 0.252 e. The number of nitrogens with one attached hydrogen (secondary N) is 1. The highest BCUT2D eigenvalue weighted by molar-refractivity contribution is 5.93. The molecule has 0 aliphatic carbocycles. The number of hydrogen-bond acceptors (Lipinski definition) is 4. The molecule has 0 spiro atoms. The largest absolute Gasteiger partial charge is 0.352 e. The molecule has 1 fully saturated rings. The van der Waals surface area contributed by atoms with Gasteiger partial charge in [-0.05, 0) is 31.9 Å². The Hall–Kier alpha value is -1.46. The predicted molar refractivity (Wildman–Crippen MR) is 75.4 cm³/mol. The third kappa shape index (κ3) is 4.02. The van der Waals surface area contributed by atoms with E-state index in [1.165, 1.54) is 0 Å². The first-order valence-electron chi connectivity index (χ1n) is 6.97. The van der Waals surface area contributed by atoms with E-state index in [0.29, 0.717) is 25.3 Å². The molecule has 0 unspecified atom stereocenters. The van der Waals surface area contributed by atoms with Crippen molar-refractivity contribution in [2.24, 2.45) is 5.92 Å². The highest BCUT2D eigenvalue weighted by Gasteiger charge is 2.32. The summed E-state index contributed by atoms with van der Waals surface area (Å²) in [5, 5.41) is 2.92. The van der Waals surface area contributed by atoms with Crippen LogP contribution in [0.25, 0.3) is 0 Å². The monoisotopic (exact) mass is 278 g/mol. The minimum Gasteiger partial charge on any atom is -0.352 e. The molecule has 1 atom stereocenters. The predicted octanol–water partition coefficient (Wildman–Crippen LogP) is 1.91. The van der Waals surface area contributed by atoms with Gasteiger partial charge in [-0.1, -0.05) is 6.92 Å². The lowest BCUT2D eigenvalue weighted by Crippen LogP contribution is -2.34. The van der Waals surface area contributed by atoms with Gasteiger partial charge in [0.2, 0.25) is 0 Å². The maximum Gasteiger partial charge on any atom is 0.252 e. The van der Waals surface area contributed by atoms with Crippen molar-refractivity contribution in [3.05, 3.63) is 29.6 Å². The van der Waals surface area contributed by atoms with Crippen LogP contribution < -0.4 is 5.32 Å². The number of carbonyl (C=O) groups excluding carboxylic acids is 1. The molecule has 2 rings (SSSR count). The number of aryl methyl sites for hydroxylation is 1. The summed E-state index contributed by atoms with van der Waals surface area (Å²) >= 11 is 0. The van der Waals surface area contributed by atoms with Crippen LogP contribution in [0, 0.1) is 12.8 Å². The van der Waals surface area contributed by atoms with Gasteiger partial charge in [0.05, 0.1) is 18.8 Å². The van der Waals surface area contributed by atoms with Gasteiger partial charge in [0.15, 0.2) is 5.79 Å². The van der Waals surface area contributed by atoms with Gasteiger partial charge in [0, 0.05) is 24.9 Å². The van der Waals surface area contributed by atoms with Crippen molar-refractivity contribution in [1.29, 1.82) is 0 Å². The van der Waals surface area contributed by atoms with Crippen LogP contribution in [0.4, 0.5) is 0 Å². The molecule has 2 heterocycles. The van der Waals surface area contributed by atoms with E-state index in [1.54, 1.807) is 12.3 Å². The Kier molecular flexibility index (Phi) is 4.73. The number of pyridine rings is 1. The molecule has 5 heteroatoms. The van der Waals surface area contributed by atoms with Crippen LogP contribution in [0.15, 0.2) is 18.3 Å². The first-order chi connectivity index (χ1) is 9.48. The van der Waals surface area contributed by atoms with Gasteiger partial charge < -0.3 is 14.8 Å². The van der Waals surface area contributed by atoms with Crippen LogP contribution >= 0.6 is 0 Å². The van der Waals surface area contributed by atoms with Gasteiger partial charge in [0.25, 0.3) is 5.91 Å². The Morgan fingerprint density at radius 3 is 2.75 bits per heavy atom. The zero-order valence-electron chi connectivity index (χ0n) is 12.3. The van der Waals surface area contributed by atoms with Crippen LogP contribution in [0.2, 0.25) is 0 Å². The lowest BCUT2D eigenvalue weighted by molar-refractivity contribution is -0.153. The summed E-state index contributed by atoms with van der Waals surface area (Å²) in [5.41, 5.74) is 1.49. The molecular weight excluding hydrogens is 256 g/mol. The molecular formula is C15H22N2O3. The van der Waals surface area contributed by atoms with Gasteiger partial charge in [-0.3, -0.25) is 9.78 Å². The molecule has 1 aromatic heterocycles. The van der Waals surface area contributed by atoms with Gasteiger partial charge in [0.1, 0.15) is 0 Å². The fourth-order valence-electron chi connectivity index (χ4n) is 2.35. The number of carbonyl (C=O) groups is 1. The van der Waals surface area contributed by atoms with E-state index in [0.717, 1.165) is 12.1 Å². The standard InChI is InChI=1S/C15H22N2O3/c1-11(8-15(3)19-6-7-20-15)9-17-14(18)13-5-4-12(2)16-10-13/h4-5,10-11H,6-9H2,1-3H3,(H,17,18)/t11-/m1/s1. The van der Waals surface area contributed by atoms with Gasteiger partial charge in [-0.25, -0.2) is 0 Å². The summed E-state index contributed by atoms with van der Waals surface area (Å²) in [4.78, 5) is 16.1. The van der Waals surface area contributed by atoms with Crippen LogP contribution in [-0.4, -0.2) is 36.4 Å². The third-order valence-electron chi connectivity index (χ3n) is 3.40. The van der Waals surface area contributed by atoms with Gasteiger partial charge in [-0.2, -0.15) is 0 Å². The average molecular weight is 278 g/mol. The third-order valence-corrected chi connectivity index (χ3v) is 3.40. The first-order valence-corrected chi connectivity index (χ1v) is 6.97. The summed E-state index contributed by atoms with van der Waals surface area (Å²) < 4.78 is 11.1. The normalized spacial score (nSPS) is 18.8. The second kappa shape index (κ2) is 6.33. The molecule has 1 aliphatic heterocycles. The Morgan fingerprint density at radius 2 is 2.15 bits per heavy atom. The minimum atomic E-state index is -0.504. The molecule has 1 aliphatic rings. The Balaban J connectivity index is 1.79. The zero-order valence-corrected chi connectivity index (χ0v) is 12.3. The van der Waals surface area contributed by atoms with Crippen molar-refractivity contribution in [1.82, 2.24) is 10.3 Å². The van der Waals surface area contributed by atoms with Crippen molar-refractivity contribution in [2.45, 2.75) is 33.0 Å². The molecule has 0 saturated carbocycles. The van der Waals surface area contributed by atoms with Crippen molar-refractivity contribution in [3.63, 3.8) is 0 Å². The second-order valence-corrected chi connectivity index (χ2v) is 5.54. The Labute approximate surface area is 119 Å². The molecule has 1 N–H and O–H groups in total. The molecule has 0 bridgehead atoms. The number of ether oxygens (including phenoxy) is 2. The lowest BCUT2D eigenvalue weighted by atomic mass is 10.0. The molecule has 110 valence electrons. The molecule has 5 nitrogen and oxygen atoms in total. The molecule has 0 aromatic carbocycles. The Morgan fingerprint density at radius 1 is 1.45 bits per heavy atom. The Bertz CT molecular complexity index is 453. The summed E-state index contributed by atoms with van der Waals surface area (Å²) in [5.74, 6) is -0.321. The number of hydrogen-bond donors (Lipinski definition) is 1. The summed E-state index contributed by atoms with van der Waals surface area (Å²) in [7, 11) is 0. The SMILES string of the molecule is Cc1ccc(C(=O)NC[C@H](C)CC2(C)OCCO2)cn1. The van der Waals surface area contributed by atoms with E-state index < -0.39 is 5.79 Å². The zero-order chi connectivity index (χ0) is 14.6. The fraction of sp³-hybridized carbons (Fsp3) is 0.600. The van der Waals surface area contributed by atoms with Crippen molar-refractivity contribution in [2.75, 3.05) is 19.8 Å². The number of nitrogens with zero attached hydrogens (tertiary/aromatic N) is 1. The second-order valence-electron chi connectivity index (χ2n) is 5.54. The quantitative estimate of drug-likeness (QED) is 0.893. The highest BCUT2D eigenvalue weighted by Crippen LogP contribution is 2.26. The van der Waals surface area contributed by atoms with E-state index >= 15 is 0 Å². The number of amides is 1. The van der Waals surface area contributed by atoms with E-state index in [4.69, 9.17) is 9.47 Å². The summed E-state index contributed by atoms with van der Waals surface area (Å²) in [6, 6.07) is 3.62. The molecule has 1 saturated heterocycles. The highest BCUT2D eigenvalue weighted by atomic mass is 16.7. The first kappa shape index (κ1) is 14.9. The van der Waals surface area contributed by atoms with Gasteiger partial charge in [-0.15, -0.1) is 0 Å². The molecule has 20 heavy (non-hydrogen) atoms. The van der Waals surface area contributed by atoms with Crippen molar-refractivity contribution >= 4 is 5.91 Å². The summed E-state index contributed by atoms with van der Waals surface area (Å²) in [6.07, 6.45) is 2.36. The molecule has 1 aromatic rings. The number of aromatic nitrogens is 1. The molecule has 0 radical (unpaired) electrons. The maximum atomic E-state index is 12.0. The van der Waals surface area contributed by atoms with Crippen LogP contribution in [0.3, 0.4) is 0 Å².